The summed E-state index contributed by atoms with van der Waals surface area (Å²) in [6.07, 6.45) is 4.92. The lowest BCUT2D eigenvalue weighted by molar-refractivity contribution is -0.136. The number of imide groups is 2. The van der Waals surface area contributed by atoms with Gasteiger partial charge in [-0.1, -0.05) is 11.6 Å². The van der Waals surface area contributed by atoms with Crippen LogP contribution in [0.2, 0.25) is 5.02 Å². The van der Waals surface area contributed by atoms with Crippen LogP contribution in [0.5, 0.6) is 0 Å². The normalized spacial score (nSPS) is 23.4. The van der Waals surface area contributed by atoms with Crippen molar-refractivity contribution in [1.82, 2.24) is 20.4 Å². The van der Waals surface area contributed by atoms with Gasteiger partial charge < -0.3 is 20.2 Å². The van der Waals surface area contributed by atoms with Gasteiger partial charge in [-0.05, 0) is 111 Å². The fourth-order valence-corrected chi connectivity index (χ4v) is 9.25. The van der Waals surface area contributed by atoms with E-state index in [-0.39, 0.29) is 35.9 Å². The first kappa shape index (κ1) is 37.6. The van der Waals surface area contributed by atoms with Gasteiger partial charge in [-0.25, -0.2) is 0 Å². The van der Waals surface area contributed by atoms with Crippen molar-refractivity contribution >= 4 is 52.5 Å². The lowest BCUT2D eigenvalue weighted by Crippen LogP contribution is -2.54. The molecule has 4 aliphatic heterocycles. The number of carbonyl (C=O) groups is 5. The smallest absolute Gasteiger partial charge is 0.262 e. The highest BCUT2D eigenvalue weighted by Gasteiger charge is 2.46. The van der Waals surface area contributed by atoms with Crippen LogP contribution in [0.4, 0.5) is 11.4 Å². The van der Waals surface area contributed by atoms with Crippen LogP contribution in [0.25, 0.3) is 0 Å². The fraction of sp³-hybridized carbons (Fsp3) is 0.429. The van der Waals surface area contributed by atoms with Crippen molar-refractivity contribution in [1.29, 1.82) is 5.26 Å². The third kappa shape index (κ3) is 7.24. The number of hydrogen-bond donors (Lipinski definition) is 3. The van der Waals surface area contributed by atoms with Crippen LogP contribution in [-0.2, 0) is 22.7 Å². The minimum Gasteiger partial charge on any atom is -0.388 e. The largest absolute Gasteiger partial charge is 0.388 e. The number of aliphatic hydroxyl groups is 1. The Balaban J connectivity index is 0.801. The number of halogens is 1. The summed E-state index contributed by atoms with van der Waals surface area (Å²) < 4.78 is 0. The maximum Gasteiger partial charge on any atom is 0.262 e. The van der Waals surface area contributed by atoms with Crippen LogP contribution >= 0.6 is 11.6 Å². The number of benzene rings is 3. The molecule has 5 aliphatic rings. The maximum absolute atomic E-state index is 13.3. The predicted octanol–water partition coefficient (Wildman–Crippen LogP) is 4.14. The van der Waals surface area contributed by atoms with Gasteiger partial charge >= 0.3 is 0 Å². The zero-order chi connectivity index (χ0) is 39.3. The van der Waals surface area contributed by atoms with E-state index in [1.54, 1.807) is 18.2 Å². The Labute approximate surface area is 330 Å². The highest BCUT2D eigenvalue weighted by atomic mass is 35.5. The molecule has 1 saturated carbocycles. The van der Waals surface area contributed by atoms with E-state index < -0.39 is 35.3 Å². The Morgan fingerprint density at radius 3 is 2.18 bits per heavy atom. The lowest BCUT2D eigenvalue weighted by atomic mass is 9.89. The third-order valence-electron chi connectivity index (χ3n) is 12.3. The van der Waals surface area contributed by atoms with Crippen LogP contribution < -0.4 is 20.4 Å². The highest BCUT2D eigenvalue weighted by molar-refractivity contribution is 6.32. The lowest BCUT2D eigenvalue weighted by Gasteiger charge is -2.41. The van der Waals surface area contributed by atoms with E-state index in [0.29, 0.717) is 67.8 Å². The van der Waals surface area contributed by atoms with Crippen LogP contribution in [0, 0.1) is 11.3 Å². The summed E-state index contributed by atoms with van der Waals surface area (Å²) in [7, 11) is 2.04. The van der Waals surface area contributed by atoms with E-state index in [9.17, 15) is 34.3 Å². The molecule has 8 rings (SSSR count). The number of hydrogen-bond acceptors (Lipinski definition) is 10. The van der Waals surface area contributed by atoms with E-state index in [2.05, 4.69) is 31.4 Å². The van der Waals surface area contributed by atoms with Crippen LogP contribution in [0.15, 0.2) is 54.6 Å². The molecule has 0 aromatic heterocycles. The fourth-order valence-electron chi connectivity index (χ4n) is 9.03. The number of nitriles is 1. The quantitative estimate of drug-likeness (QED) is 0.283. The van der Waals surface area contributed by atoms with E-state index in [1.807, 2.05) is 43.4 Å². The Morgan fingerprint density at radius 2 is 1.59 bits per heavy atom. The molecule has 3 fully saturated rings. The SMILES string of the molecule is CN(c1ccc(C#N)c(Cl)c1)C1CCC(NC(=O)c2ccc(N3CCC(O)(CN4Cc5cc6c(cc5C4)C(=O)N(C4CCC(=O)NC4=O)C6=O)CC3)cc2)CC1. The van der Waals surface area contributed by atoms with Crippen LogP contribution in [0.1, 0.15) is 99.1 Å². The van der Waals surface area contributed by atoms with Crippen molar-refractivity contribution in [2.24, 2.45) is 0 Å². The molecular weight excluding hydrogens is 734 g/mol. The van der Waals surface area contributed by atoms with Gasteiger partial charge in [0.2, 0.25) is 11.8 Å². The number of nitrogens with zero attached hydrogens (tertiary/aromatic N) is 5. The molecule has 4 heterocycles. The van der Waals surface area contributed by atoms with Gasteiger partial charge in [0.15, 0.2) is 0 Å². The minimum atomic E-state index is -0.998. The average molecular weight is 778 g/mol. The van der Waals surface area contributed by atoms with Crippen LogP contribution in [-0.4, -0.2) is 94.9 Å². The summed E-state index contributed by atoms with van der Waals surface area (Å²) in [5.41, 5.74) is 4.53. The van der Waals surface area contributed by atoms with Crippen molar-refractivity contribution in [3.63, 3.8) is 0 Å². The predicted molar refractivity (Wildman–Crippen MR) is 208 cm³/mol. The number of anilines is 2. The van der Waals surface area contributed by atoms with Crippen molar-refractivity contribution in [2.45, 2.75) is 88.2 Å². The molecular formula is C42H44ClN7O6. The summed E-state index contributed by atoms with van der Waals surface area (Å²) in [6.45, 7) is 2.83. The van der Waals surface area contributed by atoms with Crippen molar-refractivity contribution in [3.8, 4) is 6.07 Å². The molecule has 13 nitrogen and oxygen atoms in total. The van der Waals surface area contributed by atoms with Gasteiger partial charge in [0, 0.05) is 75.2 Å². The van der Waals surface area contributed by atoms with Gasteiger partial charge in [-0.2, -0.15) is 5.26 Å². The van der Waals surface area contributed by atoms with Crippen LogP contribution in [0.3, 0.4) is 0 Å². The summed E-state index contributed by atoms with van der Waals surface area (Å²) in [5.74, 6) is -2.16. The highest BCUT2D eigenvalue weighted by Crippen LogP contribution is 2.36. The molecule has 3 aromatic rings. The molecule has 56 heavy (non-hydrogen) atoms. The number of piperidine rings is 2. The Bertz CT molecular complexity index is 2110. The van der Waals surface area contributed by atoms with E-state index in [1.165, 1.54) is 0 Å². The molecule has 14 heteroatoms. The number of amides is 5. The van der Waals surface area contributed by atoms with Crippen molar-refractivity contribution in [2.75, 3.05) is 36.5 Å². The molecule has 0 bridgehead atoms. The average Bonchev–Trinajstić information content (AvgIpc) is 3.69. The number of rotatable bonds is 8. The first-order valence-electron chi connectivity index (χ1n) is 19.3. The molecule has 2 saturated heterocycles. The topological polar surface area (TPSA) is 166 Å². The summed E-state index contributed by atoms with van der Waals surface area (Å²) >= 11 is 6.26. The molecule has 3 N–H and O–H groups in total. The van der Waals surface area contributed by atoms with E-state index in [0.717, 1.165) is 53.1 Å². The Hall–Kier alpha value is -5.29. The van der Waals surface area contributed by atoms with E-state index >= 15 is 0 Å². The maximum atomic E-state index is 13.3. The Kier molecular flexibility index (Phi) is 10.1. The second kappa shape index (κ2) is 15.0. The number of nitrogens with one attached hydrogen (secondary N) is 2. The number of β-amino-alcohol motifs (C(OH)–C–C–N with tert-alkyl or cyclic N) is 1. The van der Waals surface area contributed by atoms with Crippen molar-refractivity contribution < 1.29 is 29.1 Å². The first-order valence-corrected chi connectivity index (χ1v) is 19.7. The zero-order valence-electron chi connectivity index (χ0n) is 31.2. The van der Waals surface area contributed by atoms with Gasteiger partial charge in [-0.15, -0.1) is 0 Å². The summed E-state index contributed by atoms with van der Waals surface area (Å²) in [5, 5.41) is 26.7. The molecule has 290 valence electrons. The summed E-state index contributed by atoms with van der Waals surface area (Å²) in [4.78, 5) is 71.4. The van der Waals surface area contributed by atoms with Gasteiger partial charge in [0.25, 0.3) is 17.7 Å². The Morgan fingerprint density at radius 1 is 0.946 bits per heavy atom. The van der Waals surface area contributed by atoms with Gasteiger partial charge in [0.05, 0.1) is 27.3 Å². The molecule has 1 unspecified atom stereocenters. The second-order valence-corrected chi connectivity index (χ2v) is 16.3. The summed E-state index contributed by atoms with van der Waals surface area (Å²) in [6, 6.07) is 18.2. The minimum absolute atomic E-state index is 0.0726. The molecule has 0 radical (unpaired) electrons. The molecule has 1 aliphatic carbocycles. The second-order valence-electron chi connectivity index (χ2n) is 15.9. The molecule has 1 atom stereocenters. The first-order chi connectivity index (χ1) is 26.9. The van der Waals surface area contributed by atoms with Gasteiger partial charge in [-0.3, -0.25) is 39.1 Å². The third-order valence-corrected chi connectivity index (χ3v) is 12.6. The number of fused-ring (bicyclic) bond motifs is 2. The molecule has 0 spiro atoms. The van der Waals surface area contributed by atoms with E-state index in [4.69, 9.17) is 11.6 Å². The zero-order valence-corrected chi connectivity index (χ0v) is 32.0. The van der Waals surface area contributed by atoms with Crippen molar-refractivity contribution in [3.05, 3.63) is 93.0 Å². The molecule has 5 amide bonds. The van der Waals surface area contributed by atoms with Gasteiger partial charge in [0.1, 0.15) is 12.1 Å². The molecule has 3 aromatic carbocycles. The number of carbonyl (C=O) groups excluding carboxylic acids is 5. The standard InChI is InChI=1S/C42H44ClN7O6/c1-47(32-9-4-26(21-44)35(43)20-32)30-10-5-29(6-11-30)45-38(52)25-2-7-31(8-3-25)49-16-14-42(56,15-17-49)24-48-22-27-18-33-34(19-28(27)23-48)41(55)50(40(33)54)36-12-13-37(51)46-39(36)53/h2-4,7-9,18-20,29-30,36,56H,5-6,10-17,22-24H2,1H3,(H,45,52)(H,46,51,53). The monoisotopic (exact) mass is 777 g/mol.